The van der Waals surface area contributed by atoms with Gasteiger partial charge in [-0.15, -0.1) is 0 Å². The SMILES string of the molecule is CCOC(=O)[C@H]1CCO1. The summed E-state index contributed by atoms with van der Waals surface area (Å²) in [6.07, 6.45) is 0.559. The van der Waals surface area contributed by atoms with Crippen molar-refractivity contribution in [2.24, 2.45) is 0 Å². The van der Waals surface area contributed by atoms with Crippen LogP contribution < -0.4 is 0 Å². The van der Waals surface area contributed by atoms with Gasteiger partial charge in [0, 0.05) is 6.42 Å². The van der Waals surface area contributed by atoms with Crippen LogP contribution in [0, 0.1) is 0 Å². The van der Waals surface area contributed by atoms with Gasteiger partial charge in [-0.3, -0.25) is 0 Å². The summed E-state index contributed by atoms with van der Waals surface area (Å²) in [6.45, 7) is 2.93. The van der Waals surface area contributed by atoms with E-state index in [9.17, 15) is 4.79 Å². The van der Waals surface area contributed by atoms with Crippen molar-refractivity contribution in [1.82, 2.24) is 0 Å². The van der Waals surface area contributed by atoms with Crippen LogP contribution in [0.15, 0.2) is 0 Å². The molecule has 0 N–H and O–H groups in total. The van der Waals surface area contributed by atoms with Crippen LogP contribution in [-0.2, 0) is 14.3 Å². The lowest BCUT2D eigenvalue weighted by Crippen LogP contribution is -2.36. The Labute approximate surface area is 53.9 Å². The van der Waals surface area contributed by atoms with Crippen molar-refractivity contribution < 1.29 is 14.3 Å². The van der Waals surface area contributed by atoms with Gasteiger partial charge in [0.2, 0.25) is 0 Å². The highest BCUT2D eigenvalue weighted by Crippen LogP contribution is 2.11. The number of hydrogen-bond acceptors (Lipinski definition) is 3. The molecule has 1 heterocycles. The Kier molecular flexibility index (Phi) is 2.05. The summed E-state index contributed by atoms with van der Waals surface area (Å²) in [7, 11) is 0. The van der Waals surface area contributed by atoms with Crippen LogP contribution in [0.4, 0.5) is 0 Å². The van der Waals surface area contributed by atoms with Gasteiger partial charge in [0.05, 0.1) is 13.2 Å². The van der Waals surface area contributed by atoms with Gasteiger partial charge in [-0.2, -0.15) is 0 Å². The van der Waals surface area contributed by atoms with Gasteiger partial charge in [0.15, 0.2) is 6.10 Å². The molecular weight excluding hydrogens is 120 g/mol. The van der Waals surface area contributed by atoms with Gasteiger partial charge >= 0.3 is 5.97 Å². The molecule has 0 spiro atoms. The van der Waals surface area contributed by atoms with Gasteiger partial charge in [-0.1, -0.05) is 0 Å². The van der Waals surface area contributed by atoms with Crippen LogP contribution in [0.2, 0.25) is 0 Å². The molecule has 0 bridgehead atoms. The first-order chi connectivity index (χ1) is 4.34. The Balaban J connectivity index is 2.16. The largest absolute Gasteiger partial charge is 0.464 e. The molecule has 1 atom stereocenters. The maximum absolute atomic E-state index is 10.7. The standard InChI is InChI=1S/C6H10O3/c1-2-8-6(7)5-3-4-9-5/h5H,2-4H2,1H3/t5-/m1/s1. The molecule has 0 aromatic rings. The van der Waals surface area contributed by atoms with Gasteiger partial charge in [-0.05, 0) is 6.92 Å². The van der Waals surface area contributed by atoms with Gasteiger partial charge in [0.25, 0.3) is 0 Å². The zero-order valence-electron chi connectivity index (χ0n) is 5.42. The molecule has 3 heteroatoms. The highest BCUT2D eigenvalue weighted by atomic mass is 16.6. The predicted molar refractivity (Wildman–Crippen MR) is 31.0 cm³/mol. The van der Waals surface area contributed by atoms with E-state index in [1.54, 1.807) is 6.92 Å². The lowest BCUT2D eigenvalue weighted by molar-refractivity contribution is -0.169. The van der Waals surface area contributed by atoms with E-state index in [1.807, 2.05) is 0 Å². The molecule has 1 aliphatic rings. The lowest BCUT2D eigenvalue weighted by atomic mass is 10.2. The summed E-state index contributed by atoms with van der Waals surface area (Å²) in [4.78, 5) is 10.7. The van der Waals surface area contributed by atoms with Gasteiger partial charge < -0.3 is 9.47 Å². The maximum Gasteiger partial charge on any atom is 0.335 e. The Bertz CT molecular complexity index is 107. The fourth-order valence-corrected chi connectivity index (χ4v) is 0.657. The smallest absolute Gasteiger partial charge is 0.335 e. The van der Waals surface area contributed by atoms with Crippen LogP contribution in [0.25, 0.3) is 0 Å². The second kappa shape index (κ2) is 2.82. The second-order valence-electron chi connectivity index (χ2n) is 1.90. The average molecular weight is 130 g/mol. The van der Waals surface area contributed by atoms with Gasteiger partial charge in [0.1, 0.15) is 0 Å². The molecule has 0 radical (unpaired) electrons. The molecule has 1 fully saturated rings. The van der Waals surface area contributed by atoms with Crippen molar-refractivity contribution in [3.63, 3.8) is 0 Å². The molecule has 0 unspecified atom stereocenters. The summed E-state index contributed by atoms with van der Waals surface area (Å²) in [5.74, 6) is -0.219. The lowest BCUT2D eigenvalue weighted by Gasteiger charge is -2.23. The molecule has 0 aromatic carbocycles. The monoisotopic (exact) mass is 130 g/mol. The van der Waals surface area contributed by atoms with E-state index in [0.29, 0.717) is 13.2 Å². The molecular formula is C6H10O3. The minimum Gasteiger partial charge on any atom is -0.464 e. The quantitative estimate of drug-likeness (QED) is 0.505. The van der Waals surface area contributed by atoms with Gasteiger partial charge in [-0.25, -0.2) is 4.79 Å². The number of hydrogen-bond donors (Lipinski definition) is 0. The summed E-state index contributed by atoms with van der Waals surface area (Å²) in [6, 6.07) is 0. The third-order valence-electron chi connectivity index (χ3n) is 1.25. The number of carbonyl (C=O) groups excluding carboxylic acids is 1. The summed E-state index contributed by atoms with van der Waals surface area (Å²) in [5.41, 5.74) is 0. The minimum absolute atomic E-state index is 0.219. The first kappa shape index (κ1) is 6.55. The van der Waals surface area contributed by atoms with E-state index in [1.165, 1.54) is 0 Å². The normalized spacial score (nSPS) is 24.8. The van der Waals surface area contributed by atoms with E-state index in [-0.39, 0.29) is 12.1 Å². The summed E-state index contributed by atoms with van der Waals surface area (Å²) in [5, 5.41) is 0. The van der Waals surface area contributed by atoms with Crippen LogP contribution in [-0.4, -0.2) is 25.3 Å². The Hall–Kier alpha value is -0.570. The van der Waals surface area contributed by atoms with Crippen molar-refractivity contribution in [3.05, 3.63) is 0 Å². The molecule has 1 saturated heterocycles. The molecule has 0 amide bonds. The first-order valence-corrected chi connectivity index (χ1v) is 3.13. The van der Waals surface area contributed by atoms with Crippen LogP contribution in [0.5, 0.6) is 0 Å². The Morgan fingerprint density at radius 1 is 1.89 bits per heavy atom. The molecule has 0 aromatic heterocycles. The summed E-state index contributed by atoms with van der Waals surface area (Å²) < 4.78 is 9.55. The number of esters is 1. The average Bonchev–Trinajstić information content (AvgIpc) is 1.60. The highest BCUT2D eigenvalue weighted by Gasteiger charge is 2.27. The highest BCUT2D eigenvalue weighted by molar-refractivity contribution is 5.75. The Morgan fingerprint density at radius 2 is 2.56 bits per heavy atom. The maximum atomic E-state index is 10.7. The molecule has 0 aliphatic carbocycles. The van der Waals surface area contributed by atoms with Crippen LogP contribution in [0.3, 0.4) is 0 Å². The molecule has 9 heavy (non-hydrogen) atoms. The van der Waals surface area contributed by atoms with Crippen molar-refractivity contribution >= 4 is 5.97 Å². The number of ether oxygens (including phenoxy) is 2. The molecule has 0 saturated carbocycles. The second-order valence-corrected chi connectivity index (χ2v) is 1.90. The van der Waals surface area contributed by atoms with E-state index in [0.717, 1.165) is 6.42 Å². The van der Waals surface area contributed by atoms with E-state index < -0.39 is 0 Å². The third-order valence-corrected chi connectivity index (χ3v) is 1.25. The van der Waals surface area contributed by atoms with Crippen molar-refractivity contribution in [3.8, 4) is 0 Å². The predicted octanol–water partition coefficient (Wildman–Crippen LogP) is 0.338. The van der Waals surface area contributed by atoms with Crippen molar-refractivity contribution in [1.29, 1.82) is 0 Å². The molecule has 1 rings (SSSR count). The van der Waals surface area contributed by atoms with E-state index >= 15 is 0 Å². The van der Waals surface area contributed by atoms with Crippen LogP contribution in [0.1, 0.15) is 13.3 Å². The summed E-state index contributed by atoms with van der Waals surface area (Å²) >= 11 is 0. The topological polar surface area (TPSA) is 35.5 Å². The van der Waals surface area contributed by atoms with Crippen LogP contribution >= 0.6 is 0 Å². The molecule has 3 nitrogen and oxygen atoms in total. The molecule has 1 aliphatic heterocycles. The molecule has 52 valence electrons. The zero-order valence-corrected chi connectivity index (χ0v) is 5.42. The third kappa shape index (κ3) is 1.42. The fraction of sp³-hybridized carbons (Fsp3) is 0.833. The van der Waals surface area contributed by atoms with Crippen molar-refractivity contribution in [2.75, 3.05) is 13.2 Å². The fourth-order valence-electron chi connectivity index (χ4n) is 0.657. The first-order valence-electron chi connectivity index (χ1n) is 3.13. The Morgan fingerprint density at radius 3 is 2.89 bits per heavy atom. The number of carbonyl (C=O) groups is 1. The minimum atomic E-state index is -0.259. The van der Waals surface area contributed by atoms with Crippen molar-refractivity contribution in [2.45, 2.75) is 19.4 Å². The van der Waals surface area contributed by atoms with E-state index in [4.69, 9.17) is 4.74 Å². The van der Waals surface area contributed by atoms with E-state index in [2.05, 4.69) is 4.74 Å². The number of rotatable bonds is 2. The zero-order chi connectivity index (χ0) is 6.69.